The average Bonchev–Trinajstić information content (AvgIpc) is 2.82. The zero-order chi connectivity index (χ0) is 23.2. The molecule has 0 aliphatic rings. The Hall–Kier alpha value is -2.77. The number of hydrogen-bond donors (Lipinski definition) is 0. The van der Waals surface area contributed by atoms with Crippen LogP contribution in [-0.4, -0.2) is 0 Å². The first-order chi connectivity index (χ1) is 16.0. The van der Waals surface area contributed by atoms with Gasteiger partial charge in [0.1, 0.15) is 12.2 Å². The van der Waals surface area contributed by atoms with Crippen LogP contribution in [-0.2, 0) is 9.05 Å². The topological polar surface area (TPSA) is 18.5 Å². The lowest BCUT2D eigenvalue weighted by Crippen LogP contribution is -2.05. The van der Waals surface area contributed by atoms with Crippen LogP contribution in [0.25, 0.3) is 0 Å². The molecule has 0 heterocycles. The minimum atomic E-state index is -0.179. The molecule has 0 unspecified atom stereocenters. The molecule has 4 aromatic carbocycles. The normalized spacial score (nSPS) is 11.3. The van der Waals surface area contributed by atoms with Crippen molar-refractivity contribution in [2.45, 2.75) is 39.9 Å². The molecule has 0 N–H and O–H groups in total. The Bertz CT molecular complexity index is 962. The summed E-state index contributed by atoms with van der Waals surface area (Å²) in [6.45, 7) is 8.41. The van der Waals surface area contributed by atoms with Gasteiger partial charge in [-0.05, 0) is 49.9 Å². The average molecular weight is 455 g/mol. The van der Waals surface area contributed by atoms with Crippen LogP contribution in [0.4, 0.5) is 0 Å². The van der Waals surface area contributed by atoms with Gasteiger partial charge in [0, 0.05) is 0 Å². The van der Waals surface area contributed by atoms with E-state index in [4.69, 9.17) is 9.05 Å². The molecular weight excluding hydrogens is 423 g/mol. The molecule has 0 radical (unpaired) electrons. The van der Waals surface area contributed by atoms with Crippen molar-refractivity contribution in [2.24, 2.45) is 0 Å². The first kappa shape index (κ1) is 23.4. The Kier molecular flexibility index (Phi) is 7.73. The number of rotatable bonds is 8. The summed E-state index contributed by atoms with van der Waals surface area (Å²) in [5, 5.41) is 0. The molecule has 2 nitrogen and oxygen atoms in total. The van der Waals surface area contributed by atoms with E-state index in [1.807, 2.05) is 0 Å². The second kappa shape index (κ2) is 10.9. The molecule has 0 saturated heterocycles. The number of aryl methyl sites for hydroxylation is 4. The van der Waals surface area contributed by atoms with E-state index < -0.39 is 0 Å². The van der Waals surface area contributed by atoms with Crippen LogP contribution in [0, 0.1) is 27.7 Å². The molecule has 0 fully saturated rings. The SMILES string of the molecule is Cc1ccc(C(OPOC(c2ccc(C)cc2)c2ccc(C)cc2)c2ccc(C)cc2)cc1. The Labute approximate surface area is 199 Å². The summed E-state index contributed by atoms with van der Waals surface area (Å²) < 4.78 is 12.8. The van der Waals surface area contributed by atoms with Gasteiger partial charge in [-0.2, -0.15) is 0 Å². The van der Waals surface area contributed by atoms with Crippen LogP contribution in [0.3, 0.4) is 0 Å². The van der Waals surface area contributed by atoms with Gasteiger partial charge in [-0.3, -0.25) is 0 Å². The van der Waals surface area contributed by atoms with Gasteiger partial charge in [-0.25, -0.2) is 0 Å². The molecule has 4 aromatic rings. The van der Waals surface area contributed by atoms with E-state index in [2.05, 4.69) is 125 Å². The molecule has 0 bridgehead atoms. The lowest BCUT2D eigenvalue weighted by atomic mass is 10.00. The third kappa shape index (κ3) is 6.18. The van der Waals surface area contributed by atoms with E-state index in [0.29, 0.717) is 0 Å². The lowest BCUT2D eigenvalue weighted by Gasteiger charge is -2.23. The highest BCUT2D eigenvalue weighted by Crippen LogP contribution is 2.39. The summed E-state index contributed by atoms with van der Waals surface area (Å²) >= 11 is 0. The van der Waals surface area contributed by atoms with Crippen molar-refractivity contribution in [1.29, 1.82) is 0 Å². The van der Waals surface area contributed by atoms with E-state index in [-0.39, 0.29) is 21.2 Å². The molecule has 33 heavy (non-hydrogen) atoms. The summed E-state index contributed by atoms with van der Waals surface area (Å²) in [6, 6.07) is 34.2. The van der Waals surface area contributed by atoms with Crippen LogP contribution < -0.4 is 0 Å². The van der Waals surface area contributed by atoms with Gasteiger partial charge in [-0.15, -0.1) is 0 Å². The summed E-state index contributed by atoms with van der Waals surface area (Å²) in [7, 11) is -0.116. The molecule has 0 spiro atoms. The van der Waals surface area contributed by atoms with Crippen LogP contribution in [0.1, 0.15) is 56.7 Å². The second-order valence-corrected chi connectivity index (χ2v) is 9.36. The summed E-state index contributed by atoms with van der Waals surface area (Å²) in [5.41, 5.74) is 9.45. The van der Waals surface area contributed by atoms with E-state index in [1.165, 1.54) is 22.3 Å². The molecule has 0 saturated carbocycles. The molecule has 0 aliphatic carbocycles. The van der Waals surface area contributed by atoms with Gasteiger partial charge < -0.3 is 9.05 Å². The maximum atomic E-state index is 6.42. The summed E-state index contributed by atoms with van der Waals surface area (Å²) in [6.07, 6.45) is -0.359. The standard InChI is InChI=1S/C30H31O2P/c1-21-5-13-25(14-6-21)29(26-15-7-22(2)8-16-26)31-33-32-30(27-17-9-23(3)10-18-27)28-19-11-24(4)12-20-28/h5-20,29-30,33H,1-4H3. The minimum Gasteiger partial charge on any atom is -0.323 e. The molecule has 0 atom stereocenters. The van der Waals surface area contributed by atoms with Gasteiger partial charge in [0.25, 0.3) is 0 Å². The van der Waals surface area contributed by atoms with Crippen LogP contribution in [0.15, 0.2) is 97.1 Å². The van der Waals surface area contributed by atoms with Crippen molar-refractivity contribution >= 4 is 9.03 Å². The Morgan fingerprint density at radius 3 is 0.818 bits per heavy atom. The van der Waals surface area contributed by atoms with Crippen LogP contribution in [0.2, 0.25) is 0 Å². The zero-order valence-corrected chi connectivity index (χ0v) is 20.7. The molecule has 0 aliphatic heterocycles. The highest BCUT2D eigenvalue weighted by atomic mass is 31.1. The fraction of sp³-hybridized carbons (Fsp3) is 0.200. The first-order valence-corrected chi connectivity index (χ1v) is 12.1. The molecular formula is C30H31O2P. The van der Waals surface area contributed by atoms with E-state index >= 15 is 0 Å². The third-order valence-corrected chi connectivity index (χ3v) is 6.52. The fourth-order valence-corrected chi connectivity index (χ4v) is 4.54. The fourth-order valence-electron chi connectivity index (χ4n) is 3.75. The smallest absolute Gasteiger partial charge is 0.156 e. The first-order valence-electron chi connectivity index (χ1n) is 11.3. The highest BCUT2D eigenvalue weighted by Gasteiger charge is 2.19. The maximum absolute atomic E-state index is 6.42. The van der Waals surface area contributed by atoms with Gasteiger partial charge in [0.2, 0.25) is 0 Å². The second-order valence-electron chi connectivity index (χ2n) is 8.72. The Balaban J connectivity index is 1.57. The van der Waals surface area contributed by atoms with Crippen LogP contribution >= 0.6 is 9.03 Å². The zero-order valence-electron chi connectivity index (χ0n) is 19.7. The van der Waals surface area contributed by atoms with E-state index in [1.54, 1.807) is 0 Å². The van der Waals surface area contributed by atoms with Gasteiger partial charge >= 0.3 is 0 Å². The van der Waals surface area contributed by atoms with Crippen molar-refractivity contribution in [2.75, 3.05) is 0 Å². The summed E-state index contributed by atoms with van der Waals surface area (Å²) in [5.74, 6) is 0. The molecule has 3 heteroatoms. The number of benzene rings is 4. The Morgan fingerprint density at radius 1 is 0.394 bits per heavy atom. The van der Waals surface area contributed by atoms with Crippen molar-refractivity contribution < 1.29 is 9.05 Å². The maximum Gasteiger partial charge on any atom is 0.156 e. The molecule has 168 valence electrons. The predicted molar refractivity (Wildman–Crippen MR) is 139 cm³/mol. The van der Waals surface area contributed by atoms with Gasteiger partial charge in [0.05, 0.1) is 0 Å². The minimum absolute atomic E-state index is 0.116. The predicted octanol–water partition coefficient (Wildman–Crippen LogP) is 8.34. The van der Waals surface area contributed by atoms with E-state index in [0.717, 1.165) is 22.3 Å². The monoisotopic (exact) mass is 454 g/mol. The van der Waals surface area contributed by atoms with Crippen LogP contribution in [0.5, 0.6) is 0 Å². The van der Waals surface area contributed by atoms with Crippen molar-refractivity contribution in [1.82, 2.24) is 0 Å². The number of hydrogen-bond acceptors (Lipinski definition) is 2. The van der Waals surface area contributed by atoms with Crippen molar-refractivity contribution in [3.63, 3.8) is 0 Å². The molecule has 0 amide bonds. The highest BCUT2D eigenvalue weighted by molar-refractivity contribution is 7.26. The van der Waals surface area contributed by atoms with Crippen molar-refractivity contribution in [3.8, 4) is 0 Å². The van der Waals surface area contributed by atoms with Gasteiger partial charge in [0.15, 0.2) is 9.03 Å². The van der Waals surface area contributed by atoms with Crippen molar-refractivity contribution in [3.05, 3.63) is 142 Å². The largest absolute Gasteiger partial charge is 0.323 e. The van der Waals surface area contributed by atoms with Gasteiger partial charge in [-0.1, -0.05) is 119 Å². The van der Waals surface area contributed by atoms with E-state index in [9.17, 15) is 0 Å². The quantitative estimate of drug-likeness (QED) is 0.249. The molecule has 0 aromatic heterocycles. The lowest BCUT2D eigenvalue weighted by molar-refractivity contribution is 0.196. The summed E-state index contributed by atoms with van der Waals surface area (Å²) in [4.78, 5) is 0. The third-order valence-electron chi connectivity index (χ3n) is 5.85. The Morgan fingerprint density at radius 2 is 0.606 bits per heavy atom. The molecule has 4 rings (SSSR count).